The standard InChI is InChI=1S/C20H19F3N2O7/c1-30-17-15(20(29)31-2)25(14-3-4-32-19(14)28)8-11(16(17)26)18(27)24-7-10-12(22)5-9(21)6-13(10)23/h5-6,8,14,19,28H,3-4,7H2,1-2H3,(H,24,27). The van der Waals surface area contributed by atoms with Crippen LogP contribution in [0.15, 0.2) is 23.1 Å². The molecule has 172 valence electrons. The minimum absolute atomic E-state index is 0.144. The summed E-state index contributed by atoms with van der Waals surface area (Å²) in [7, 11) is 2.17. The van der Waals surface area contributed by atoms with Crippen LogP contribution in [0.3, 0.4) is 0 Å². The van der Waals surface area contributed by atoms with E-state index in [4.69, 9.17) is 14.2 Å². The first kappa shape index (κ1) is 23.3. The molecule has 0 radical (unpaired) electrons. The Kier molecular flexibility index (Phi) is 6.84. The van der Waals surface area contributed by atoms with E-state index in [1.807, 2.05) is 0 Å². The van der Waals surface area contributed by atoms with Crippen molar-refractivity contribution in [3.8, 4) is 5.75 Å². The van der Waals surface area contributed by atoms with Crippen molar-refractivity contribution < 1.29 is 42.1 Å². The van der Waals surface area contributed by atoms with Gasteiger partial charge >= 0.3 is 5.97 Å². The molecule has 2 atom stereocenters. The van der Waals surface area contributed by atoms with Gasteiger partial charge in [0.2, 0.25) is 5.43 Å². The molecule has 0 saturated carbocycles. The lowest BCUT2D eigenvalue weighted by molar-refractivity contribution is -0.0789. The van der Waals surface area contributed by atoms with Gasteiger partial charge in [0, 0.05) is 30.4 Å². The highest BCUT2D eigenvalue weighted by atomic mass is 19.1. The predicted octanol–water partition coefficient (Wildman–Crippen LogP) is 1.27. The number of hydrogen-bond donors (Lipinski definition) is 2. The smallest absolute Gasteiger partial charge is 0.358 e. The number of rotatable bonds is 6. The maximum absolute atomic E-state index is 13.8. The van der Waals surface area contributed by atoms with Gasteiger partial charge in [0.05, 0.1) is 26.9 Å². The molecule has 3 rings (SSSR count). The minimum Gasteiger partial charge on any atom is -0.491 e. The summed E-state index contributed by atoms with van der Waals surface area (Å²) in [5.41, 5.74) is -2.48. The number of carbonyl (C=O) groups is 2. The zero-order chi connectivity index (χ0) is 23.6. The Labute approximate surface area is 179 Å². The molecule has 0 spiro atoms. The molecule has 0 bridgehead atoms. The molecule has 1 saturated heterocycles. The number of pyridine rings is 1. The lowest BCUT2D eigenvalue weighted by Crippen LogP contribution is -2.34. The zero-order valence-electron chi connectivity index (χ0n) is 17.0. The van der Waals surface area contributed by atoms with Gasteiger partial charge in [-0.3, -0.25) is 9.59 Å². The van der Waals surface area contributed by atoms with E-state index in [2.05, 4.69) is 5.32 Å². The van der Waals surface area contributed by atoms with Crippen LogP contribution in [-0.4, -0.2) is 48.7 Å². The number of methoxy groups -OCH3 is 2. The fourth-order valence-electron chi connectivity index (χ4n) is 3.36. The Balaban J connectivity index is 2.03. The average molecular weight is 456 g/mol. The third-order valence-electron chi connectivity index (χ3n) is 4.94. The summed E-state index contributed by atoms with van der Waals surface area (Å²) in [6, 6.07) is 0.0533. The molecule has 12 heteroatoms. The van der Waals surface area contributed by atoms with Crippen molar-refractivity contribution in [2.75, 3.05) is 20.8 Å². The van der Waals surface area contributed by atoms with Crippen LogP contribution in [0.5, 0.6) is 5.75 Å². The van der Waals surface area contributed by atoms with Crippen molar-refractivity contribution in [1.29, 1.82) is 0 Å². The molecule has 1 aromatic carbocycles. The summed E-state index contributed by atoms with van der Waals surface area (Å²) in [6.07, 6.45) is -0.0969. The van der Waals surface area contributed by atoms with E-state index >= 15 is 0 Å². The van der Waals surface area contributed by atoms with E-state index < -0.39 is 70.5 Å². The van der Waals surface area contributed by atoms with E-state index in [0.29, 0.717) is 12.1 Å². The second-order valence-electron chi connectivity index (χ2n) is 6.80. The number of nitrogens with one attached hydrogen (secondary N) is 1. The maximum atomic E-state index is 13.8. The Bertz CT molecular complexity index is 1100. The summed E-state index contributed by atoms with van der Waals surface area (Å²) in [5.74, 6) is -6.09. The molecular weight excluding hydrogens is 437 g/mol. The van der Waals surface area contributed by atoms with Crippen LogP contribution in [0, 0.1) is 17.5 Å². The van der Waals surface area contributed by atoms with Gasteiger partial charge in [-0.15, -0.1) is 0 Å². The number of aromatic nitrogens is 1. The number of aliphatic hydroxyl groups excluding tert-OH is 1. The first-order valence-electron chi connectivity index (χ1n) is 9.32. The molecule has 32 heavy (non-hydrogen) atoms. The fraction of sp³-hybridized carbons (Fsp3) is 0.350. The van der Waals surface area contributed by atoms with Crippen LogP contribution in [-0.2, 0) is 16.0 Å². The van der Waals surface area contributed by atoms with Gasteiger partial charge in [-0.1, -0.05) is 0 Å². The Morgan fingerprint density at radius 1 is 1.25 bits per heavy atom. The van der Waals surface area contributed by atoms with E-state index in [9.17, 15) is 32.7 Å². The van der Waals surface area contributed by atoms with Crippen LogP contribution in [0.4, 0.5) is 13.2 Å². The number of ether oxygens (including phenoxy) is 3. The number of aliphatic hydroxyl groups is 1. The largest absolute Gasteiger partial charge is 0.491 e. The van der Waals surface area contributed by atoms with E-state index in [1.54, 1.807) is 0 Å². The third-order valence-corrected chi connectivity index (χ3v) is 4.94. The second kappa shape index (κ2) is 9.40. The summed E-state index contributed by atoms with van der Waals surface area (Å²) in [4.78, 5) is 37.8. The summed E-state index contributed by atoms with van der Waals surface area (Å²) in [5, 5.41) is 12.3. The van der Waals surface area contributed by atoms with Gasteiger partial charge in [-0.2, -0.15) is 0 Å². The number of esters is 1. The number of carbonyl (C=O) groups excluding carboxylic acids is 2. The molecule has 2 heterocycles. The molecule has 2 aromatic rings. The van der Waals surface area contributed by atoms with Crippen LogP contribution in [0.2, 0.25) is 0 Å². The molecule has 1 amide bonds. The normalized spacial score (nSPS) is 17.8. The van der Waals surface area contributed by atoms with E-state index in [-0.39, 0.29) is 18.7 Å². The van der Waals surface area contributed by atoms with Crippen LogP contribution in [0.25, 0.3) is 0 Å². The minimum atomic E-state index is -1.34. The number of amides is 1. The number of halogens is 3. The van der Waals surface area contributed by atoms with Crippen molar-refractivity contribution >= 4 is 11.9 Å². The number of nitrogens with zero attached hydrogens (tertiary/aromatic N) is 1. The van der Waals surface area contributed by atoms with E-state index in [1.165, 1.54) is 0 Å². The molecule has 1 fully saturated rings. The topological polar surface area (TPSA) is 116 Å². The first-order chi connectivity index (χ1) is 15.2. The van der Waals surface area contributed by atoms with Gasteiger partial charge in [0.15, 0.2) is 17.7 Å². The molecule has 1 aromatic heterocycles. The lowest BCUT2D eigenvalue weighted by atomic mass is 10.1. The molecule has 9 nitrogen and oxygen atoms in total. The van der Waals surface area contributed by atoms with Gasteiger partial charge in [-0.25, -0.2) is 18.0 Å². The summed E-state index contributed by atoms with van der Waals surface area (Å²) in [6.45, 7) is -0.544. The van der Waals surface area contributed by atoms with Crippen molar-refractivity contribution in [3.63, 3.8) is 0 Å². The van der Waals surface area contributed by atoms with Crippen molar-refractivity contribution in [2.45, 2.75) is 25.3 Å². The first-order valence-corrected chi connectivity index (χ1v) is 9.32. The lowest BCUT2D eigenvalue weighted by Gasteiger charge is -2.23. The Hall–Kier alpha value is -3.38. The monoisotopic (exact) mass is 456 g/mol. The number of benzene rings is 1. The molecule has 1 aliphatic heterocycles. The SMILES string of the molecule is COC(=O)c1c(OC)c(=O)c(C(=O)NCc2c(F)cc(F)cc2F)cn1C1CCOC1O. The van der Waals surface area contributed by atoms with Crippen molar-refractivity contribution in [3.05, 3.63) is 62.8 Å². The Morgan fingerprint density at radius 3 is 2.44 bits per heavy atom. The van der Waals surface area contributed by atoms with Crippen LogP contribution >= 0.6 is 0 Å². The molecule has 0 aliphatic carbocycles. The highest BCUT2D eigenvalue weighted by Crippen LogP contribution is 2.29. The van der Waals surface area contributed by atoms with Crippen molar-refractivity contribution in [2.24, 2.45) is 0 Å². The van der Waals surface area contributed by atoms with Gasteiger partial charge in [0.25, 0.3) is 5.91 Å². The van der Waals surface area contributed by atoms with Crippen LogP contribution in [0.1, 0.15) is 38.9 Å². The predicted molar refractivity (Wildman–Crippen MR) is 102 cm³/mol. The maximum Gasteiger partial charge on any atom is 0.358 e. The fourth-order valence-corrected chi connectivity index (χ4v) is 3.36. The third kappa shape index (κ3) is 4.32. The highest BCUT2D eigenvalue weighted by Gasteiger charge is 2.34. The van der Waals surface area contributed by atoms with Gasteiger partial charge < -0.3 is 29.2 Å². The second-order valence-corrected chi connectivity index (χ2v) is 6.80. The highest BCUT2D eigenvalue weighted by molar-refractivity contribution is 5.96. The van der Waals surface area contributed by atoms with Crippen molar-refractivity contribution in [1.82, 2.24) is 9.88 Å². The average Bonchev–Trinajstić information content (AvgIpc) is 3.17. The van der Waals surface area contributed by atoms with Crippen LogP contribution < -0.4 is 15.5 Å². The van der Waals surface area contributed by atoms with E-state index in [0.717, 1.165) is 25.0 Å². The van der Waals surface area contributed by atoms with Gasteiger partial charge in [0.1, 0.15) is 23.0 Å². The molecule has 2 unspecified atom stereocenters. The zero-order valence-corrected chi connectivity index (χ0v) is 17.0. The Morgan fingerprint density at radius 2 is 1.91 bits per heavy atom. The molecule has 2 N–H and O–H groups in total. The molecular formula is C20H19F3N2O7. The molecule has 1 aliphatic rings. The van der Waals surface area contributed by atoms with Gasteiger partial charge in [-0.05, 0) is 6.42 Å². The number of hydrogen-bond acceptors (Lipinski definition) is 7. The summed E-state index contributed by atoms with van der Waals surface area (Å²) >= 11 is 0. The summed E-state index contributed by atoms with van der Waals surface area (Å²) < 4.78 is 56.7. The quantitative estimate of drug-likeness (QED) is 0.629.